The van der Waals surface area contributed by atoms with Gasteiger partial charge in [-0.05, 0) is 45.3 Å². The molecule has 0 aromatic carbocycles. The zero-order valence-electron chi connectivity index (χ0n) is 10.2. The highest BCUT2D eigenvalue weighted by atomic mass is 35.5. The van der Waals surface area contributed by atoms with Crippen LogP contribution in [0, 0.1) is 0 Å². The van der Waals surface area contributed by atoms with E-state index in [0.717, 1.165) is 18.3 Å². The first-order valence-electron chi connectivity index (χ1n) is 6.08. The second-order valence-electron chi connectivity index (χ2n) is 4.22. The summed E-state index contributed by atoms with van der Waals surface area (Å²) < 4.78 is 0. The van der Waals surface area contributed by atoms with Crippen LogP contribution in [0.3, 0.4) is 0 Å². The van der Waals surface area contributed by atoms with E-state index in [4.69, 9.17) is 0 Å². The summed E-state index contributed by atoms with van der Waals surface area (Å²) in [7, 11) is 0. The fourth-order valence-electron chi connectivity index (χ4n) is 2.09. The van der Waals surface area contributed by atoms with Crippen molar-refractivity contribution in [1.82, 2.24) is 10.2 Å². The maximum atomic E-state index is 4.37. The number of nitrogens with one attached hydrogen (secondary N) is 1. The topological polar surface area (TPSA) is 27.6 Å². The van der Waals surface area contributed by atoms with Crippen molar-refractivity contribution in [2.45, 2.75) is 25.7 Å². The number of halogens is 2. The molecule has 2 aliphatic heterocycles. The number of hydrogen-bond donors (Lipinski definition) is 1. The van der Waals surface area contributed by atoms with E-state index >= 15 is 0 Å². The standard InChI is InChI=1S/C11H21N3S.2ClH/c1-2-8-14(7-1)9-3-4-10-15-11-12-5-6-13-11;;/h1-10H2,(H,12,13);2*1H. The summed E-state index contributed by atoms with van der Waals surface area (Å²) in [5, 5.41) is 4.45. The van der Waals surface area contributed by atoms with Gasteiger partial charge in [-0.3, -0.25) is 4.99 Å². The summed E-state index contributed by atoms with van der Waals surface area (Å²) >= 11 is 1.89. The molecule has 2 aliphatic rings. The second-order valence-corrected chi connectivity index (χ2v) is 5.30. The van der Waals surface area contributed by atoms with Gasteiger partial charge in [-0.2, -0.15) is 0 Å². The van der Waals surface area contributed by atoms with E-state index < -0.39 is 0 Å². The van der Waals surface area contributed by atoms with Gasteiger partial charge in [-0.1, -0.05) is 11.8 Å². The van der Waals surface area contributed by atoms with Crippen molar-refractivity contribution in [2.24, 2.45) is 4.99 Å². The van der Waals surface area contributed by atoms with E-state index in [0.29, 0.717) is 0 Å². The van der Waals surface area contributed by atoms with E-state index in [2.05, 4.69) is 15.2 Å². The van der Waals surface area contributed by atoms with E-state index in [1.54, 1.807) is 0 Å². The summed E-state index contributed by atoms with van der Waals surface area (Å²) in [6.07, 6.45) is 5.49. The van der Waals surface area contributed by atoms with Gasteiger partial charge in [-0.25, -0.2) is 0 Å². The normalized spacial score (nSPS) is 19.2. The maximum Gasteiger partial charge on any atom is 0.156 e. The van der Waals surface area contributed by atoms with Crippen LogP contribution in [0.5, 0.6) is 0 Å². The molecule has 0 spiro atoms. The Labute approximate surface area is 121 Å². The minimum Gasteiger partial charge on any atom is -0.363 e. The van der Waals surface area contributed by atoms with Crippen molar-refractivity contribution < 1.29 is 0 Å². The smallest absolute Gasteiger partial charge is 0.156 e. The Morgan fingerprint density at radius 1 is 1.18 bits per heavy atom. The highest BCUT2D eigenvalue weighted by molar-refractivity contribution is 8.13. The largest absolute Gasteiger partial charge is 0.363 e. The van der Waals surface area contributed by atoms with Gasteiger partial charge in [0.2, 0.25) is 0 Å². The molecular formula is C11H23Cl2N3S. The molecule has 0 aromatic rings. The van der Waals surface area contributed by atoms with Crippen molar-refractivity contribution in [3.8, 4) is 0 Å². The van der Waals surface area contributed by atoms with Crippen LogP contribution >= 0.6 is 36.6 Å². The zero-order valence-corrected chi connectivity index (χ0v) is 12.6. The van der Waals surface area contributed by atoms with E-state index in [9.17, 15) is 0 Å². The molecule has 102 valence electrons. The van der Waals surface area contributed by atoms with Gasteiger partial charge in [0.1, 0.15) is 0 Å². The van der Waals surface area contributed by atoms with Crippen molar-refractivity contribution in [3.63, 3.8) is 0 Å². The Balaban J connectivity index is 0.00000128. The molecule has 0 unspecified atom stereocenters. The number of amidine groups is 1. The number of aliphatic imine (C=N–C) groups is 1. The molecule has 1 saturated heterocycles. The van der Waals surface area contributed by atoms with Crippen LogP contribution in [0.2, 0.25) is 0 Å². The minimum atomic E-state index is 0. The molecule has 1 fully saturated rings. The molecule has 0 saturated carbocycles. The zero-order chi connectivity index (χ0) is 10.3. The lowest BCUT2D eigenvalue weighted by Gasteiger charge is -2.13. The molecule has 0 bridgehead atoms. The number of likely N-dealkylation sites (tertiary alicyclic amines) is 1. The second kappa shape index (κ2) is 10.3. The third kappa shape index (κ3) is 6.75. The minimum absolute atomic E-state index is 0. The Morgan fingerprint density at radius 2 is 1.94 bits per heavy atom. The van der Waals surface area contributed by atoms with Crippen LogP contribution in [-0.4, -0.2) is 48.5 Å². The average molecular weight is 300 g/mol. The first-order valence-corrected chi connectivity index (χ1v) is 7.07. The SMILES string of the molecule is C(CCN1CCCC1)CSC1=NCCN1.Cl.Cl. The molecule has 0 radical (unpaired) electrons. The van der Waals surface area contributed by atoms with E-state index in [-0.39, 0.29) is 24.8 Å². The van der Waals surface area contributed by atoms with Crippen LogP contribution in [0.4, 0.5) is 0 Å². The number of nitrogens with zero attached hydrogens (tertiary/aromatic N) is 2. The quantitative estimate of drug-likeness (QED) is 0.790. The van der Waals surface area contributed by atoms with Gasteiger partial charge in [-0.15, -0.1) is 24.8 Å². The van der Waals surface area contributed by atoms with Gasteiger partial charge < -0.3 is 10.2 Å². The third-order valence-corrected chi connectivity index (χ3v) is 3.99. The van der Waals surface area contributed by atoms with Gasteiger partial charge in [0, 0.05) is 12.3 Å². The van der Waals surface area contributed by atoms with Gasteiger partial charge in [0.25, 0.3) is 0 Å². The highest BCUT2D eigenvalue weighted by Gasteiger charge is 2.10. The third-order valence-electron chi connectivity index (χ3n) is 2.95. The summed E-state index contributed by atoms with van der Waals surface area (Å²) in [6, 6.07) is 0. The van der Waals surface area contributed by atoms with Crippen molar-refractivity contribution >= 4 is 41.7 Å². The summed E-state index contributed by atoms with van der Waals surface area (Å²) in [4.78, 5) is 6.96. The first-order chi connectivity index (χ1) is 7.45. The fraction of sp³-hybridized carbons (Fsp3) is 0.909. The van der Waals surface area contributed by atoms with Crippen LogP contribution in [0.25, 0.3) is 0 Å². The fourth-order valence-corrected chi connectivity index (χ4v) is 3.01. The molecule has 1 N–H and O–H groups in total. The molecule has 17 heavy (non-hydrogen) atoms. The Hall–Kier alpha value is 0.360. The molecular weight excluding hydrogens is 277 g/mol. The highest BCUT2D eigenvalue weighted by Crippen LogP contribution is 2.11. The number of thioether (sulfide) groups is 1. The van der Waals surface area contributed by atoms with Crippen molar-refractivity contribution in [1.29, 1.82) is 0 Å². The van der Waals surface area contributed by atoms with Crippen molar-refractivity contribution in [3.05, 3.63) is 0 Å². The molecule has 2 rings (SSSR count). The van der Waals surface area contributed by atoms with Gasteiger partial charge in [0.15, 0.2) is 5.17 Å². The summed E-state index contributed by atoms with van der Waals surface area (Å²) in [5.74, 6) is 1.22. The summed E-state index contributed by atoms with van der Waals surface area (Å²) in [5.41, 5.74) is 0. The van der Waals surface area contributed by atoms with Crippen molar-refractivity contribution in [2.75, 3.05) is 38.5 Å². The molecule has 2 heterocycles. The first kappa shape index (κ1) is 17.4. The van der Waals surface area contributed by atoms with Crippen LogP contribution in [0.1, 0.15) is 25.7 Å². The lowest BCUT2D eigenvalue weighted by Crippen LogP contribution is -2.20. The molecule has 3 nitrogen and oxygen atoms in total. The monoisotopic (exact) mass is 299 g/mol. The summed E-state index contributed by atoms with van der Waals surface area (Å²) in [6.45, 7) is 5.98. The van der Waals surface area contributed by atoms with Crippen LogP contribution < -0.4 is 5.32 Å². The maximum absolute atomic E-state index is 4.37. The Morgan fingerprint density at radius 3 is 2.59 bits per heavy atom. The molecule has 0 aliphatic carbocycles. The van der Waals surface area contributed by atoms with Gasteiger partial charge in [0.05, 0.1) is 6.54 Å². The van der Waals surface area contributed by atoms with E-state index in [1.165, 1.54) is 51.1 Å². The van der Waals surface area contributed by atoms with E-state index in [1.807, 2.05) is 11.8 Å². The molecule has 6 heteroatoms. The number of hydrogen-bond acceptors (Lipinski definition) is 4. The molecule has 0 amide bonds. The molecule has 0 atom stereocenters. The predicted octanol–water partition coefficient (Wildman–Crippen LogP) is 2.40. The molecule has 0 aromatic heterocycles. The Kier molecular flexibility index (Phi) is 10.5. The van der Waals surface area contributed by atoms with Gasteiger partial charge >= 0.3 is 0 Å². The van der Waals surface area contributed by atoms with Crippen LogP contribution in [0.15, 0.2) is 4.99 Å². The number of rotatable bonds is 5. The van der Waals surface area contributed by atoms with Crippen LogP contribution in [-0.2, 0) is 0 Å². The average Bonchev–Trinajstić information content (AvgIpc) is 2.88. The Bertz CT molecular complexity index is 221. The lowest BCUT2D eigenvalue weighted by atomic mass is 10.3. The number of unbranched alkanes of at least 4 members (excludes halogenated alkanes) is 1. The predicted molar refractivity (Wildman–Crippen MR) is 82.2 cm³/mol. The lowest BCUT2D eigenvalue weighted by molar-refractivity contribution is 0.333.